The molecule has 1 aromatic carbocycles. The lowest BCUT2D eigenvalue weighted by Crippen LogP contribution is -2.59. The SMILES string of the molecule is O=C(COc1ccc(Cl)cc1Cl)Nc1cc(C2CC2)nn1C1NC(=O)C2CCCCC2N1. The van der Waals surface area contributed by atoms with E-state index in [2.05, 4.69) is 16.0 Å². The number of anilines is 1. The van der Waals surface area contributed by atoms with Crippen LogP contribution in [0.15, 0.2) is 24.3 Å². The normalized spacial score (nSPS) is 25.1. The molecular weight excluding hydrogens is 453 g/mol. The fourth-order valence-electron chi connectivity index (χ4n) is 4.46. The van der Waals surface area contributed by atoms with Gasteiger partial charge in [-0.15, -0.1) is 0 Å². The Morgan fingerprint density at radius 2 is 2.00 bits per heavy atom. The summed E-state index contributed by atoms with van der Waals surface area (Å²) in [5.74, 6) is 0.988. The zero-order valence-electron chi connectivity index (χ0n) is 17.4. The minimum atomic E-state index is -0.503. The number of fused-ring (bicyclic) bond motifs is 1. The zero-order valence-corrected chi connectivity index (χ0v) is 19.0. The number of ether oxygens (including phenoxy) is 1. The molecule has 8 nitrogen and oxygen atoms in total. The molecule has 2 amide bonds. The van der Waals surface area contributed by atoms with E-state index in [1.165, 1.54) is 0 Å². The maximum atomic E-state index is 12.7. The first-order chi connectivity index (χ1) is 15.5. The van der Waals surface area contributed by atoms with E-state index in [9.17, 15) is 9.59 Å². The highest BCUT2D eigenvalue weighted by atomic mass is 35.5. The number of rotatable bonds is 6. The van der Waals surface area contributed by atoms with Crippen molar-refractivity contribution in [3.63, 3.8) is 0 Å². The Labute approximate surface area is 196 Å². The van der Waals surface area contributed by atoms with E-state index in [1.54, 1.807) is 22.9 Å². The van der Waals surface area contributed by atoms with E-state index >= 15 is 0 Å². The van der Waals surface area contributed by atoms with Gasteiger partial charge >= 0.3 is 0 Å². The van der Waals surface area contributed by atoms with Crippen molar-refractivity contribution in [2.24, 2.45) is 5.92 Å². The number of carbonyl (C=O) groups is 2. The van der Waals surface area contributed by atoms with Gasteiger partial charge in [-0.2, -0.15) is 5.10 Å². The Morgan fingerprint density at radius 1 is 1.19 bits per heavy atom. The lowest BCUT2D eigenvalue weighted by atomic mass is 9.83. The average Bonchev–Trinajstić information content (AvgIpc) is 3.54. The maximum Gasteiger partial charge on any atom is 0.263 e. The first-order valence-corrected chi connectivity index (χ1v) is 11.8. The highest BCUT2D eigenvalue weighted by molar-refractivity contribution is 6.35. The standard InChI is InChI=1S/C22H25Cl2N5O3/c23-13-7-8-18(15(24)9-13)32-11-20(30)26-19-10-17(12-5-6-12)28-29(19)22-25-16-4-2-1-3-14(16)21(31)27-22/h7-10,12,14,16,22,25H,1-6,11H2,(H,26,30)(H,27,31). The van der Waals surface area contributed by atoms with Crippen LogP contribution in [0, 0.1) is 5.92 Å². The van der Waals surface area contributed by atoms with E-state index in [0.717, 1.165) is 44.2 Å². The average molecular weight is 478 g/mol. The van der Waals surface area contributed by atoms with Gasteiger partial charge in [-0.1, -0.05) is 36.0 Å². The molecule has 2 saturated carbocycles. The van der Waals surface area contributed by atoms with E-state index in [1.807, 2.05) is 6.07 Å². The molecule has 5 rings (SSSR count). The number of aromatic nitrogens is 2. The predicted molar refractivity (Wildman–Crippen MR) is 121 cm³/mol. The Hall–Kier alpha value is -2.29. The number of hydrogen-bond donors (Lipinski definition) is 3. The molecule has 2 aromatic rings. The first kappa shape index (κ1) is 21.6. The van der Waals surface area contributed by atoms with Crippen LogP contribution < -0.4 is 20.7 Å². The number of hydrogen-bond acceptors (Lipinski definition) is 5. The van der Waals surface area contributed by atoms with Crippen LogP contribution in [0.2, 0.25) is 10.0 Å². The van der Waals surface area contributed by atoms with Crippen molar-refractivity contribution < 1.29 is 14.3 Å². The van der Waals surface area contributed by atoms with Crippen molar-refractivity contribution in [1.29, 1.82) is 0 Å². The van der Waals surface area contributed by atoms with E-state index in [-0.39, 0.29) is 30.4 Å². The number of benzene rings is 1. The first-order valence-electron chi connectivity index (χ1n) is 11.0. The van der Waals surface area contributed by atoms with Crippen molar-refractivity contribution >= 4 is 40.8 Å². The molecule has 1 aliphatic heterocycles. The Morgan fingerprint density at radius 3 is 2.78 bits per heavy atom. The summed E-state index contributed by atoms with van der Waals surface area (Å²) in [6.07, 6.45) is 5.70. The summed E-state index contributed by atoms with van der Waals surface area (Å²) < 4.78 is 7.22. The van der Waals surface area contributed by atoms with E-state index in [0.29, 0.717) is 27.5 Å². The molecule has 0 radical (unpaired) electrons. The monoisotopic (exact) mass is 477 g/mol. The molecule has 3 fully saturated rings. The van der Waals surface area contributed by atoms with Gasteiger partial charge in [-0.25, -0.2) is 4.68 Å². The lowest BCUT2D eigenvalue weighted by molar-refractivity contribution is -0.132. The van der Waals surface area contributed by atoms with Gasteiger partial charge in [0.25, 0.3) is 5.91 Å². The van der Waals surface area contributed by atoms with E-state index < -0.39 is 6.29 Å². The summed E-state index contributed by atoms with van der Waals surface area (Å²) in [5, 5.41) is 15.0. The van der Waals surface area contributed by atoms with Crippen LogP contribution in [-0.2, 0) is 9.59 Å². The molecule has 1 aromatic heterocycles. The number of carbonyl (C=O) groups excluding carboxylic acids is 2. The van der Waals surface area contributed by atoms with Crippen LogP contribution in [0.25, 0.3) is 0 Å². The quantitative estimate of drug-likeness (QED) is 0.587. The predicted octanol–water partition coefficient (Wildman–Crippen LogP) is 3.82. The molecule has 0 spiro atoms. The molecule has 3 N–H and O–H groups in total. The summed E-state index contributed by atoms with van der Waals surface area (Å²) in [5.41, 5.74) is 0.920. The zero-order chi connectivity index (χ0) is 22.2. The van der Waals surface area contributed by atoms with E-state index in [4.69, 9.17) is 33.0 Å². The van der Waals surface area contributed by atoms with Gasteiger partial charge in [0.15, 0.2) is 12.9 Å². The molecule has 3 unspecified atom stereocenters. The topological polar surface area (TPSA) is 97.3 Å². The largest absolute Gasteiger partial charge is 0.482 e. The fraction of sp³-hybridized carbons (Fsp3) is 0.500. The van der Waals surface area contributed by atoms with Gasteiger partial charge in [0, 0.05) is 23.0 Å². The highest BCUT2D eigenvalue weighted by Gasteiger charge is 2.39. The smallest absolute Gasteiger partial charge is 0.263 e. The molecule has 170 valence electrons. The summed E-state index contributed by atoms with van der Waals surface area (Å²) in [7, 11) is 0. The third-order valence-corrected chi connectivity index (χ3v) is 6.80. The van der Waals surface area contributed by atoms with Crippen LogP contribution in [0.4, 0.5) is 5.82 Å². The second-order valence-electron chi connectivity index (χ2n) is 8.66. The highest BCUT2D eigenvalue weighted by Crippen LogP contribution is 2.40. The maximum absolute atomic E-state index is 12.7. The summed E-state index contributed by atoms with van der Waals surface area (Å²) in [4.78, 5) is 25.3. The minimum Gasteiger partial charge on any atom is -0.482 e. The molecule has 32 heavy (non-hydrogen) atoms. The number of halogens is 2. The Kier molecular flexibility index (Phi) is 6.01. The number of nitrogens with zero attached hydrogens (tertiary/aromatic N) is 2. The van der Waals surface area contributed by atoms with Crippen LogP contribution >= 0.6 is 23.2 Å². The lowest BCUT2D eigenvalue weighted by Gasteiger charge is -2.40. The van der Waals surface area contributed by atoms with Crippen molar-refractivity contribution in [1.82, 2.24) is 20.4 Å². The van der Waals surface area contributed by atoms with Crippen molar-refractivity contribution in [3.05, 3.63) is 40.0 Å². The molecule has 1 saturated heterocycles. The molecule has 0 bridgehead atoms. The molecule has 2 aliphatic carbocycles. The van der Waals surface area contributed by atoms with Crippen LogP contribution in [0.3, 0.4) is 0 Å². The number of nitrogens with one attached hydrogen (secondary N) is 3. The molecule has 3 atom stereocenters. The van der Waals surface area contributed by atoms with Crippen molar-refractivity contribution in [3.8, 4) is 5.75 Å². The number of amides is 2. The van der Waals surface area contributed by atoms with Gasteiger partial charge < -0.3 is 15.4 Å². The minimum absolute atomic E-state index is 0.00553. The van der Waals surface area contributed by atoms with Gasteiger partial charge in [0.1, 0.15) is 11.6 Å². The van der Waals surface area contributed by atoms with Gasteiger partial charge in [-0.05, 0) is 43.9 Å². The van der Waals surface area contributed by atoms with Gasteiger partial charge in [0.05, 0.1) is 16.6 Å². The van der Waals surface area contributed by atoms with Crippen LogP contribution in [0.1, 0.15) is 56.4 Å². The third kappa shape index (κ3) is 4.58. The van der Waals surface area contributed by atoms with Crippen LogP contribution in [0.5, 0.6) is 5.75 Å². The van der Waals surface area contributed by atoms with Crippen molar-refractivity contribution in [2.75, 3.05) is 11.9 Å². The fourth-order valence-corrected chi connectivity index (χ4v) is 4.92. The van der Waals surface area contributed by atoms with Crippen molar-refractivity contribution in [2.45, 2.75) is 56.8 Å². The second-order valence-corrected chi connectivity index (χ2v) is 9.50. The second kappa shape index (κ2) is 8.92. The third-order valence-electron chi connectivity index (χ3n) is 6.27. The summed E-state index contributed by atoms with van der Waals surface area (Å²) in [6, 6.07) is 6.83. The van der Waals surface area contributed by atoms with Crippen LogP contribution in [-0.4, -0.2) is 34.2 Å². The molecule has 3 aliphatic rings. The van der Waals surface area contributed by atoms with Gasteiger partial charge in [-0.3, -0.25) is 14.9 Å². The molecule has 2 heterocycles. The Balaban J connectivity index is 1.30. The molecular formula is C22H25Cl2N5O3. The Bertz CT molecular complexity index is 1040. The molecule has 10 heteroatoms. The summed E-state index contributed by atoms with van der Waals surface area (Å²) in [6.45, 7) is -0.222. The van der Waals surface area contributed by atoms with Gasteiger partial charge in [0.2, 0.25) is 5.91 Å². The summed E-state index contributed by atoms with van der Waals surface area (Å²) >= 11 is 12.0.